The summed E-state index contributed by atoms with van der Waals surface area (Å²) in [4.78, 5) is 11.5. The van der Waals surface area contributed by atoms with Gasteiger partial charge in [0.1, 0.15) is 5.75 Å². The lowest BCUT2D eigenvalue weighted by molar-refractivity contribution is 0.190. The summed E-state index contributed by atoms with van der Waals surface area (Å²) >= 11 is 0. The number of nitrogens with one attached hydrogen (secondary N) is 1. The molecule has 0 fully saturated rings. The van der Waals surface area contributed by atoms with Crippen molar-refractivity contribution in [3.63, 3.8) is 0 Å². The third-order valence-corrected chi connectivity index (χ3v) is 2.98. The van der Waals surface area contributed by atoms with E-state index in [1.54, 1.807) is 12.1 Å². The summed E-state index contributed by atoms with van der Waals surface area (Å²) < 4.78 is 5.13. The zero-order valence-electron chi connectivity index (χ0n) is 11.0. The van der Waals surface area contributed by atoms with Crippen LogP contribution in [0.3, 0.4) is 0 Å². The summed E-state index contributed by atoms with van der Waals surface area (Å²) in [6.45, 7) is 9.20. The van der Waals surface area contributed by atoms with Crippen LogP contribution in [-0.2, 0) is 0 Å². The number of ether oxygens (including phenoxy) is 1. The molecule has 0 aliphatic heterocycles. The first-order valence-electron chi connectivity index (χ1n) is 5.90. The summed E-state index contributed by atoms with van der Waals surface area (Å²) in [5.41, 5.74) is 0.181. The predicted octanol–water partition coefficient (Wildman–Crippen LogP) is 3.46. The van der Waals surface area contributed by atoms with E-state index in [9.17, 15) is 4.79 Å². The largest absolute Gasteiger partial charge is 0.412 e. The minimum Gasteiger partial charge on any atom is -0.410 e. The van der Waals surface area contributed by atoms with Gasteiger partial charge in [-0.2, -0.15) is 0 Å². The van der Waals surface area contributed by atoms with Gasteiger partial charge in [-0.25, -0.2) is 4.79 Å². The molecule has 3 nitrogen and oxygen atoms in total. The quantitative estimate of drug-likeness (QED) is 0.871. The maximum Gasteiger partial charge on any atom is 0.412 e. The van der Waals surface area contributed by atoms with Crippen molar-refractivity contribution >= 4 is 6.09 Å². The van der Waals surface area contributed by atoms with E-state index in [2.05, 4.69) is 33.0 Å². The van der Waals surface area contributed by atoms with Gasteiger partial charge in [0.05, 0.1) is 0 Å². The molecule has 0 bridgehead atoms. The van der Waals surface area contributed by atoms with Crippen molar-refractivity contribution in [2.75, 3.05) is 6.54 Å². The van der Waals surface area contributed by atoms with E-state index in [1.165, 1.54) is 0 Å². The fourth-order valence-electron chi connectivity index (χ4n) is 1.17. The third kappa shape index (κ3) is 4.89. The lowest BCUT2D eigenvalue weighted by Crippen LogP contribution is -2.35. The topological polar surface area (TPSA) is 38.3 Å². The maximum absolute atomic E-state index is 11.5. The van der Waals surface area contributed by atoms with Crippen LogP contribution in [-0.4, -0.2) is 12.6 Å². The molecule has 17 heavy (non-hydrogen) atoms. The zero-order chi connectivity index (χ0) is 12.9. The number of para-hydroxylation sites is 1. The number of carbonyl (C=O) groups excluding carboxylic acids is 1. The minimum absolute atomic E-state index is 0.181. The molecule has 1 unspecified atom stereocenters. The van der Waals surface area contributed by atoms with E-state index in [4.69, 9.17) is 4.74 Å². The molecule has 1 amide bonds. The Labute approximate surface area is 103 Å². The van der Waals surface area contributed by atoms with Crippen LogP contribution < -0.4 is 10.1 Å². The second-order valence-corrected chi connectivity index (χ2v) is 5.35. The number of amides is 1. The fraction of sp³-hybridized carbons (Fsp3) is 0.500. The second-order valence-electron chi connectivity index (χ2n) is 5.35. The molecule has 0 aliphatic carbocycles. The van der Waals surface area contributed by atoms with Crippen LogP contribution in [0.1, 0.15) is 27.7 Å². The number of hydrogen-bond acceptors (Lipinski definition) is 2. The normalized spacial score (nSPS) is 12.9. The van der Waals surface area contributed by atoms with E-state index < -0.39 is 6.09 Å². The molecule has 0 aliphatic rings. The number of hydrogen-bond donors (Lipinski definition) is 1. The third-order valence-electron chi connectivity index (χ3n) is 2.98. The van der Waals surface area contributed by atoms with E-state index in [0.717, 1.165) is 0 Å². The Hall–Kier alpha value is -1.51. The Bertz CT molecular complexity index is 354. The molecule has 0 radical (unpaired) electrons. The molecule has 0 saturated heterocycles. The van der Waals surface area contributed by atoms with E-state index in [1.807, 2.05) is 18.2 Å². The Morgan fingerprint density at radius 2 is 1.88 bits per heavy atom. The Kier molecular flexibility index (Phi) is 4.55. The van der Waals surface area contributed by atoms with Crippen LogP contribution in [0, 0.1) is 11.3 Å². The number of benzene rings is 1. The van der Waals surface area contributed by atoms with E-state index in [0.29, 0.717) is 18.2 Å². The number of carbonyl (C=O) groups is 1. The van der Waals surface area contributed by atoms with Gasteiger partial charge < -0.3 is 10.1 Å². The van der Waals surface area contributed by atoms with Crippen LogP contribution in [0.4, 0.5) is 4.79 Å². The van der Waals surface area contributed by atoms with Crippen LogP contribution >= 0.6 is 0 Å². The number of rotatable bonds is 3. The van der Waals surface area contributed by atoms with Crippen molar-refractivity contribution in [1.82, 2.24) is 5.32 Å². The standard InChI is InChI=1S/C14H21NO2/c1-11(14(2,3)4)10-15-13(16)17-12-8-6-5-7-9-12/h5-9,11H,10H2,1-4H3,(H,15,16). The molecule has 0 saturated carbocycles. The molecule has 0 aromatic heterocycles. The van der Waals surface area contributed by atoms with Crippen LogP contribution in [0.2, 0.25) is 0 Å². The first-order valence-corrected chi connectivity index (χ1v) is 5.90. The SMILES string of the molecule is CC(CNC(=O)Oc1ccccc1)C(C)(C)C. The minimum atomic E-state index is -0.396. The highest BCUT2D eigenvalue weighted by molar-refractivity contribution is 5.70. The predicted molar refractivity (Wildman–Crippen MR) is 69.1 cm³/mol. The highest BCUT2D eigenvalue weighted by Crippen LogP contribution is 2.24. The highest BCUT2D eigenvalue weighted by Gasteiger charge is 2.20. The van der Waals surface area contributed by atoms with Gasteiger partial charge in [-0.1, -0.05) is 45.9 Å². The van der Waals surface area contributed by atoms with Crippen molar-refractivity contribution in [3.8, 4) is 5.75 Å². The molecular formula is C14H21NO2. The van der Waals surface area contributed by atoms with Crippen molar-refractivity contribution in [2.24, 2.45) is 11.3 Å². The molecule has 94 valence electrons. The lowest BCUT2D eigenvalue weighted by Gasteiger charge is -2.27. The average molecular weight is 235 g/mol. The van der Waals surface area contributed by atoms with E-state index in [-0.39, 0.29) is 5.41 Å². The zero-order valence-corrected chi connectivity index (χ0v) is 11.0. The fourth-order valence-corrected chi connectivity index (χ4v) is 1.17. The summed E-state index contributed by atoms with van der Waals surface area (Å²) in [5.74, 6) is 0.958. The highest BCUT2D eigenvalue weighted by atomic mass is 16.5. The molecule has 0 heterocycles. The molecule has 1 aromatic rings. The first kappa shape index (κ1) is 13.6. The van der Waals surface area contributed by atoms with Crippen molar-refractivity contribution in [3.05, 3.63) is 30.3 Å². The Balaban J connectivity index is 2.36. The van der Waals surface area contributed by atoms with Gasteiger partial charge >= 0.3 is 6.09 Å². The van der Waals surface area contributed by atoms with Crippen LogP contribution in [0.15, 0.2) is 30.3 Å². The summed E-state index contributed by atoms with van der Waals surface area (Å²) in [5, 5.41) is 2.78. The van der Waals surface area contributed by atoms with Gasteiger partial charge in [0, 0.05) is 6.54 Å². The van der Waals surface area contributed by atoms with Gasteiger partial charge in [0.25, 0.3) is 0 Å². The summed E-state index contributed by atoms with van der Waals surface area (Å²) in [7, 11) is 0. The molecule has 1 rings (SSSR count). The van der Waals surface area contributed by atoms with Gasteiger partial charge in [0.15, 0.2) is 0 Å². The van der Waals surface area contributed by atoms with Crippen LogP contribution in [0.25, 0.3) is 0 Å². The summed E-state index contributed by atoms with van der Waals surface area (Å²) in [6.07, 6.45) is -0.396. The maximum atomic E-state index is 11.5. The van der Waals surface area contributed by atoms with Crippen molar-refractivity contribution < 1.29 is 9.53 Å². The van der Waals surface area contributed by atoms with Gasteiger partial charge in [0.2, 0.25) is 0 Å². The van der Waals surface area contributed by atoms with Crippen molar-refractivity contribution in [1.29, 1.82) is 0 Å². The first-order chi connectivity index (χ1) is 7.89. The monoisotopic (exact) mass is 235 g/mol. The molecule has 1 N–H and O–H groups in total. The molecule has 1 atom stereocenters. The molecular weight excluding hydrogens is 214 g/mol. The van der Waals surface area contributed by atoms with Gasteiger partial charge in [-0.15, -0.1) is 0 Å². The molecule has 0 spiro atoms. The van der Waals surface area contributed by atoms with Crippen LogP contribution in [0.5, 0.6) is 5.75 Å². The van der Waals surface area contributed by atoms with Crippen molar-refractivity contribution in [2.45, 2.75) is 27.7 Å². The van der Waals surface area contributed by atoms with Gasteiger partial charge in [-0.3, -0.25) is 0 Å². The molecule has 3 heteroatoms. The molecule has 1 aromatic carbocycles. The Morgan fingerprint density at radius 1 is 1.29 bits per heavy atom. The Morgan fingerprint density at radius 3 is 2.41 bits per heavy atom. The van der Waals surface area contributed by atoms with Gasteiger partial charge in [-0.05, 0) is 23.5 Å². The second kappa shape index (κ2) is 5.71. The average Bonchev–Trinajstić information content (AvgIpc) is 2.26. The smallest absolute Gasteiger partial charge is 0.410 e. The lowest BCUT2D eigenvalue weighted by atomic mass is 9.82. The summed E-state index contributed by atoms with van der Waals surface area (Å²) in [6, 6.07) is 9.06. The van der Waals surface area contributed by atoms with E-state index >= 15 is 0 Å².